The van der Waals surface area contributed by atoms with E-state index >= 15 is 0 Å². The van der Waals surface area contributed by atoms with Gasteiger partial charge >= 0.3 is 0 Å². The lowest BCUT2D eigenvalue weighted by Gasteiger charge is -2.40. The molecule has 6 heteroatoms. The van der Waals surface area contributed by atoms with E-state index < -0.39 is 5.79 Å². The van der Waals surface area contributed by atoms with Crippen molar-refractivity contribution in [2.45, 2.75) is 19.6 Å². The lowest BCUT2D eigenvalue weighted by Crippen LogP contribution is -2.40. The molecule has 1 aliphatic rings. The Morgan fingerprint density at radius 3 is 2.43 bits per heavy atom. The summed E-state index contributed by atoms with van der Waals surface area (Å²) >= 11 is 0. The Hall–Kier alpha value is -2.73. The third-order valence-corrected chi connectivity index (χ3v) is 4.11. The first-order valence-corrected chi connectivity index (χ1v) is 6.97. The minimum absolute atomic E-state index is 0.0207. The summed E-state index contributed by atoms with van der Waals surface area (Å²) in [5.41, 5.74) is 0.859. The smallest absolute Gasteiger partial charge is 0.238 e. The van der Waals surface area contributed by atoms with Gasteiger partial charge in [0.05, 0.1) is 16.7 Å². The average Bonchev–Trinajstić information content (AvgIpc) is 2.48. The number of phenols is 3. The van der Waals surface area contributed by atoms with E-state index in [0.717, 1.165) is 0 Å². The van der Waals surface area contributed by atoms with Crippen LogP contribution < -0.4 is 4.74 Å². The fourth-order valence-corrected chi connectivity index (χ4v) is 2.72. The summed E-state index contributed by atoms with van der Waals surface area (Å²) in [6.45, 7) is 3.01. The van der Waals surface area contributed by atoms with Gasteiger partial charge in [-0.15, -0.1) is 0 Å². The number of methoxy groups -OCH3 is 1. The monoisotopic (exact) mass is 316 g/mol. The number of rotatable bonds is 3. The second kappa shape index (κ2) is 4.89. The van der Waals surface area contributed by atoms with Crippen LogP contribution in [-0.2, 0) is 10.5 Å². The summed E-state index contributed by atoms with van der Waals surface area (Å²) in [5, 5.41) is 30.7. The van der Waals surface area contributed by atoms with Gasteiger partial charge in [-0.2, -0.15) is 0 Å². The van der Waals surface area contributed by atoms with Crippen molar-refractivity contribution in [2.75, 3.05) is 7.11 Å². The third kappa shape index (κ3) is 2.03. The Bertz CT molecular complexity index is 826. The molecule has 0 saturated carbocycles. The molecule has 0 amide bonds. The van der Waals surface area contributed by atoms with E-state index in [-0.39, 0.29) is 45.5 Å². The van der Waals surface area contributed by atoms with Crippen LogP contribution in [0.25, 0.3) is 11.1 Å². The molecule has 0 unspecified atom stereocenters. The SMILES string of the molecule is CO[C@@]1(C)Oc2c1ccc(-c1c(O)ccc(C(C)=O)c1O)c2O. The zero-order valence-corrected chi connectivity index (χ0v) is 12.9. The number of ether oxygens (including phenoxy) is 2. The number of hydrogen-bond acceptors (Lipinski definition) is 6. The maximum absolute atomic E-state index is 11.6. The topological polar surface area (TPSA) is 96.2 Å². The molecule has 6 nitrogen and oxygen atoms in total. The van der Waals surface area contributed by atoms with E-state index in [9.17, 15) is 20.1 Å². The molecule has 0 aromatic heterocycles. The highest BCUT2D eigenvalue weighted by molar-refractivity contribution is 6.00. The molecule has 1 aliphatic heterocycles. The number of ketones is 1. The number of Topliss-reactive ketones (excluding diaryl/α,β-unsaturated/α-hetero) is 1. The van der Waals surface area contributed by atoms with Crippen LogP contribution in [0.2, 0.25) is 0 Å². The molecule has 1 heterocycles. The molecule has 0 fully saturated rings. The van der Waals surface area contributed by atoms with E-state index in [1.54, 1.807) is 13.0 Å². The van der Waals surface area contributed by atoms with Crippen molar-refractivity contribution in [2.24, 2.45) is 0 Å². The van der Waals surface area contributed by atoms with Crippen LogP contribution in [0.3, 0.4) is 0 Å². The molecule has 0 saturated heterocycles. The fourth-order valence-electron chi connectivity index (χ4n) is 2.72. The second-order valence-electron chi connectivity index (χ2n) is 5.50. The molecule has 2 aromatic rings. The summed E-state index contributed by atoms with van der Waals surface area (Å²) in [4.78, 5) is 11.6. The van der Waals surface area contributed by atoms with Crippen molar-refractivity contribution >= 4 is 5.78 Å². The van der Waals surface area contributed by atoms with E-state index in [2.05, 4.69) is 0 Å². The standard InChI is InChI=1S/C17H16O6/c1-8(18)9-5-7-12(19)13(14(9)20)10-4-6-11-16(15(10)21)23-17(11,2)22-3/h4-7,19-21H,1-3H3/t17-/m0/s1. The third-order valence-electron chi connectivity index (χ3n) is 4.11. The van der Waals surface area contributed by atoms with Gasteiger partial charge in [-0.3, -0.25) is 4.79 Å². The zero-order chi connectivity index (χ0) is 16.9. The van der Waals surface area contributed by atoms with Crippen LogP contribution in [-0.4, -0.2) is 28.2 Å². The Morgan fingerprint density at radius 2 is 1.83 bits per heavy atom. The summed E-state index contributed by atoms with van der Waals surface area (Å²) in [6, 6.07) is 5.83. The van der Waals surface area contributed by atoms with Gasteiger partial charge in [0.1, 0.15) is 11.5 Å². The Labute approximate surface area is 132 Å². The summed E-state index contributed by atoms with van der Waals surface area (Å²) in [6.07, 6.45) is 0. The van der Waals surface area contributed by atoms with Crippen molar-refractivity contribution in [1.82, 2.24) is 0 Å². The van der Waals surface area contributed by atoms with Crippen molar-refractivity contribution < 1.29 is 29.6 Å². The lowest BCUT2D eigenvalue weighted by molar-refractivity contribution is -0.191. The summed E-state index contributed by atoms with van der Waals surface area (Å²) < 4.78 is 10.7. The quantitative estimate of drug-likeness (QED) is 0.754. The zero-order valence-electron chi connectivity index (χ0n) is 12.9. The highest BCUT2D eigenvalue weighted by Gasteiger charge is 2.44. The van der Waals surface area contributed by atoms with Gasteiger partial charge in [0, 0.05) is 19.6 Å². The Kier molecular flexibility index (Phi) is 3.23. The maximum atomic E-state index is 11.6. The Balaban J connectivity index is 2.20. The number of carbonyl (C=O) groups excluding carboxylic acids is 1. The van der Waals surface area contributed by atoms with E-state index in [0.29, 0.717) is 5.56 Å². The summed E-state index contributed by atoms with van der Waals surface area (Å²) in [7, 11) is 1.49. The highest BCUT2D eigenvalue weighted by atomic mass is 16.7. The fraction of sp³-hybridized carbons (Fsp3) is 0.235. The molecular formula is C17H16O6. The molecular weight excluding hydrogens is 300 g/mol. The lowest BCUT2D eigenvalue weighted by atomic mass is 9.92. The largest absolute Gasteiger partial charge is 0.507 e. The van der Waals surface area contributed by atoms with E-state index in [1.807, 2.05) is 0 Å². The van der Waals surface area contributed by atoms with Gasteiger partial charge in [-0.1, -0.05) is 0 Å². The van der Waals surface area contributed by atoms with Gasteiger partial charge in [-0.25, -0.2) is 0 Å². The maximum Gasteiger partial charge on any atom is 0.238 e. The average molecular weight is 316 g/mol. The van der Waals surface area contributed by atoms with Gasteiger partial charge in [0.25, 0.3) is 0 Å². The van der Waals surface area contributed by atoms with Crippen LogP contribution in [0.5, 0.6) is 23.0 Å². The first-order valence-electron chi connectivity index (χ1n) is 6.97. The minimum atomic E-state index is -0.934. The molecule has 0 aliphatic carbocycles. The molecule has 3 rings (SSSR count). The first kappa shape index (κ1) is 15.2. The number of benzene rings is 2. The van der Waals surface area contributed by atoms with Crippen LogP contribution >= 0.6 is 0 Å². The Morgan fingerprint density at radius 1 is 1.13 bits per heavy atom. The van der Waals surface area contributed by atoms with E-state index in [1.165, 1.54) is 32.2 Å². The molecule has 0 bridgehead atoms. The highest BCUT2D eigenvalue weighted by Crippen LogP contribution is 2.55. The number of phenolic OH excluding ortho intramolecular Hbond substituents is 3. The molecule has 3 N–H and O–H groups in total. The normalized spacial score (nSPS) is 18.7. The molecule has 1 atom stereocenters. The predicted molar refractivity (Wildman–Crippen MR) is 81.9 cm³/mol. The van der Waals surface area contributed by atoms with Gasteiger partial charge in [0.2, 0.25) is 5.79 Å². The first-order chi connectivity index (χ1) is 10.8. The molecule has 120 valence electrons. The summed E-state index contributed by atoms with van der Waals surface area (Å²) in [5.74, 6) is -1.94. The second-order valence-corrected chi connectivity index (χ2v) is 5.50. The number of fused-ring (bicyclic) bond motifs is 1. The minimum Gasteiger partial charge on any atom is -0.507 e. The number of hydrogen-bond donors (Lipinski definition) is 3. The van der Waals surface area contributed by atoms with Gasteiger partial charge in [0.15, 0.2) is 17.3 Å². The van der Waals surface area contributed by atoms with Crippen LogP contribution in [0.15, 0.2) is 24.3 Å². The number of aromatic hydroxyl groups is 3. The van der Waals surface area contributed by atoms with Crippen molar-refractivity contribution in [3.05, 3.63) is 35.4 Å². The van der Waals surface area contributed by atoms with Crippen LogP contribution in [0, 0.1) is 0 Å². The van der Waals surface area contributed by atoms with Gasteiger partial charge in [-0.05, 0) is 31.2 Å². The van der Waals surface area contributed by atoms with Crippen molar-refractivity contribution in [1.29, 1.82) is 0 Å². The predicted octanol–water partition coefficient (Wildman–Crippen LogP) is 2.88. The molecule has 0 radical (unpaired) electrons. The number of carbonyl (C=O) groups is 1. The van der Waals surface area contributed by atoms with Crippen molar-refractivity contribution in [3.63, 3.8) is 0 Å². The molecule has 23 heavy (non-hydrogen) atoms. The molecule has 0 spiro atoms. The van der Waals surface area contributed by atoms with Crippen molar-refractivity contribution in [3.8, 4) is 34.1 Å². The molecule has 2 aromatic carbocycles. The van der Waals surface area contributed by atoms with Crippen LogP contribution in [0.4, 0.5) is 0 Å². The van der Waals surface area contributed by atoms with E-state index in [4.69, 9.17) is 9.47 Å². The van der Waals surface area contributed by atoms with Gasteiger partial charge < -0.3 is 24.8 Å². The van der Waals surface area contributed by atoms with Crippen LogP contribution in [0.1, 0.15) is 29.8 Å².